The number of fused-ring (bicyclic) bond motifs is 2. The van der Waals surface area contributed by atoms with Crippen LogP contribution in [0.2, 0.25) is 0 Å². The number of halogens is 2. The quantitative estimate of drug-likeness (QED) is 0.149. The van der Waals surface area contributed by atoms with E-state index in [-0.39, 0.29) is 5.82 Å². The van der Waals surface area contributed by atoms with Gasteiger partial charge in [0, 0.05) is 36.8 Å². The van der Waals surface area contributed by atoms with E-state index in [4.69, 9.17) is 9.72 Å². The summed E-state index contributed by atoms with van der Waals surface area (Å²) in [7, 11) is 0. The number of nitrogens with one attached hydrogen (secondary N) is 2. The van der Waals surface area contributed by atoms with Gasteiger partial charge in [-0.2, -0.15) is 0 Å². The van der Waals surface area contributed by atoms with Crippen LogP contribution in [0.25, 0.3) is 10.9 Å². The standard InChI is InChI=1S/C33H38F2N6O3/c1-22-37-30-21-25(35)10-14-28(30)32(38-22)40-29(33(42)43)15-18-41(19-20-44-27-12-8-24(34)9-13-27)17-3-2-6-26-11-7-23-5-4-16-36-31(23)39-26/h7-14,21,29H,2-6,15-20H2,1H3,(H,36,39)(H,42,43)(H,37,38,40)/t29-/m0/s1. The van der Waals surface area contributed by atoms with Crippen LogP contribution in [-0.4, -0.2) is 69.8 Å². The number of carboxylic acids is 1. The maximum atomic E-state index is 13.8. The monoisotopic (exact) mass is 604 g/mol. The molecule has 4 aromatic rings. The summed E-state index contributed by atoms with van der Waals surface area (Å²) < 4.78 is 32.9. The third-order valence-electron chi connectivity index (χ3n) is 7.71. The zero-order chi connectivity index (χ0) is 30.9. The van der Waals surface area contributed by atoms with Crippen LogP contribution in [0.15, 0.2) is 54.6 Å². The highest BCUT2D eigenvalue weighted by atomic mass is 19.1. The summed E-state index contributed by atoms with van der Waals surface area (Å²) >= 11 is 0. The maximum Gasteiger partial charge on any atom is 0.326 e. The van der Waals surface area contributed by atoms with Crippen molar-refractivity contribution in [2.24, 2.45) is 0 Å². The zero-order valence-corrected chi connectivity index (χ0v) is 24.9. The number of benzene rings is 2. The molecule has 1 aliphatic rings. The lowest BCUT2D eigenvalue weighted by Crippen LogP contribution is -2.37. The van der Waals surface area contributed by atoms with Gasteiger partial charge in [-0.1, -0.05) is 6.07 Å². The number of carboxylic acid groups (broad SMARTS) is 1. The molecule has 232 valence electrons. The molecule has 1 atom stereocenters. The second-order valence-corrected chi connectivity index (χ2v) is 11.0. The van der Waals surface area contributed by atoms with Gasteiger partial charge in [0.15, 0.2) is 0 Å². The molecule has 11 heteroatoms. The van der Waals surface area contributed by atoms with E-state index in [1.54, 1.807) is 25.1 Å². The first-order chi connectivity index (χ1) is 21.3. The molecule has 0 saturated carbocycles. The largest absolute Gasteiger partial charge is 0.492 e. The number of rotatable bonds is 15. The molecular formula is C33H38F2N6O3. The highest BCUT2D eigenvalue weighted by molar-refractivity contribution is 5.91. The fourth-order valence-corrected chi connectivity index (χ4v) is 5.37. The number of aromatic nitrogens is 3. The zero-order valence-electron chi connectivity index (χ0n) is 24.9. The van der Waals surface area contributed by atoms with Crippen LogP contribution in [-0.2, 0) is 17.6 Å². The Labute approximate surface area is 255 Å². The maximum absolute atomic E-state index is 13.8. The molecule has 5 rings (SSSR count). The molecule has 2 aromatic carbocycles. The van der Waals surface area contributed by atoms with Gasteiger partial charge in [0.2, 0.25) is 0 Å². The number of unbranched alkanes of at least 4 members (excludes halogenated alkanes) is 1. The number of nitrogens with zero attached hydrogens (tertiary/aromatic N) is 4. The first-order valence-corrected chi connectivity index (χ1v) is 15.1. The van der Waals surface area contributed by atoms with Crippen molar-refractivity contribution in [1.82, 2.24) is 19.9 Å². The van der Waals surface area contributed by atoms with E-state index in [1.165, 1.54) is 29.8 Å². The molecule has 0 amide bonds. The Hall–Kier alpha value is -4.38. The number of anilines is 2. The Kier molecular flexibility index (Phi) is 10.5. The molecule has 0 saturated heterocycles. The molecule has 9 nitrogen and oxygen atoms in total. The number of hydrogen-bond acceptors (Lipinski definition) is 8. The van der Waals surface area contributed by atoms with Gasteiger partial charge in [-0.05, 0) is 100 Å². The highest BCUT2D eigenvalue weighted by Crippen LogP contribution is 2.23. The van der Waals surface area contributed by atoms with E-state index >= 15 is 0 Å². The predicted molar refractivity (Wildman–Crippen MR) is 166 cm³/mol. The third-order valence-corrected chi connectivity index (χ3v) is 7.71. The Morgan fingerprint density at radius 3 is 2.66 bits per heavy atom. The average Bonchev–Trinajstić information content (AvgIpc) is 3.01. The van der Waals surface area contributed by atoms with E-state index in [1.807, 2.05) is 0 Å². The lowest BCUT2D eigenvalue weighted by Gasteiger charge is -2.25. The molecule has 0 radical (unpaired) electrons. The summed E-state index contributed by atoms with van der Waals surface area (Å²) in [4.78, 5) is 28.0. The van der Waals surface area contributed by atoms with Gasteiger partial charge in [0.05, 0.1) is 5.52 Å². The van der Waals surface area contributed by atoms with Crippen molar-refractivity contribution in [2.45, 2.75) is 51.5 Å². The SMILES string of the molecule is Cc1nc(N[C@@H](CCN(CCCCc2ccc3c(n2)NCCC3)CCOc2ccc(F)cc2)C(=O)O)c2ccc(F)cc2n1. The Balaban J connectivity index is 1.20. The molecular weight excluding hydrogens is 566 g/mol. The topological polar surface area (TPSA) is 112 Å². The van der Waals surface area contributed by atoms with Crippen LogP contribution in [0, 0.1) is 18.6 Å². The second kappa shape index (κ2) is 14.9. The van der Waals surface area contributed by atoms with Crippen LogP contribution in [0.4, 0.5) is 20.4 Å². The first kappa shape index (κ1) is 31.1. The lowest BCUT2D eigenvalue weighted by atomic mass is 10.1. The first-order valence-electron chi connectivity index (χ1n) is 15.1. The summed E-state index contributed by atoms with van der Waals surface area (Å²) in [5.74, 6) is 0.590. The van der Waals surface area contributed by atoms with E-state index in [0.717, 1.165) is 56.7 Å². The van der Waals surface area contributed by atoms with Crippen molar-refractivity contribution in [3.8, 4) is 5.75 Å². The minimum atomic E-state index is -1.01. The Morgan fingerprint density at radius 2 is 1.84 bits per heavy atom. The molecule has 2 aromatic heterocycles. The molecule has 44 heavy (non-hydrogen) atoms. The van der Waals surface area contributed by atoms with E-state index in [9.17, 15) is 18.7 Å². The van der Waals surface area contributed by atoms with Gasteiger partial charge in [-0.15, -0.1) is 0 Å². The molecule has 0 aliphatic carbocycles. The Bertz CT molecular complexity index is 1560. The van der Waals surface area contributed by atoms with Gasteiger partial charge in [0.25, 0.3) is 0 Å². The molecule has 0 fully saturated rings. The number of carbonyl (C=O) groups is 1. The van der Waals surface area contributed by atoms with Crippen molar-refractivity contribution < 1.29 is 23.4 Å². The van der Waals surface area contributed by atoms with Gasteiger partial charge in [-0.25, -0.2) is 28.5 Å². The van der Waals surface area contributed by atoms with Crippen LogP contribution in [0.3, 0.4) is 0 Å². The van der Waals surface area contributed by atoms with E-state index < -0.39 is 17.8 Å². The molecule has 3 N–H and O–H groups in total. The number of pyridine rings is 1. The van der Waals surface area contributed by atoms with Gasteiger partial charge in [-0.3, -0.25) is 4.90 Å². The van der Waals surface area contributed by atoms with Crippen molar-refractivity contribution in [3.05, 3.63) is 83.3 Å². The van der Waals surface area contributed by atoms with E-state index in [0.29, 0.717) is 54.4 Å². The van der Waals surface area contributed by atoms with Crippen LogP contribution in [0.1, 0.15) is 42.8 Å². The summed E-state index contributed by atoms with van der Waals surface area (Å²) in [5, 5.41) is 17.1. The summed E-state index contributed by atoms with van der Waals surface area (Å²) in [6, 6.07) is 13.4. The predicted octanol–water partition coefficient (Wildman–Crippen LogP) is 5.63. The number of aryl methyl sites for hydroxylation is 3. The fraction of sp³-hybridized carbons (Fsp3) is 0.394. The number of aliphatic carboxylic acids is 1. The molecule has 1 aliphatic heterocycles. The summed E-state index contributed by atoms with van der Waals surface area (Å²) in [5.41, 5.74) is 2.74. The van der Waals surface area contributed by atoms with Crippen molar-refractivity contribution in [3.63, 3.8) is 0 Å². The Morgan fingerprint density at radius 1 is 1.02 bits per heavy atom. The third kappa shape index (κ3) is 8.59. The van der Waals surface area contributed by atoms with Gasteiger partial charge < -0.3 is 20.5 Å². The van der Waals surface area contributed by atoms with Gasteiger partial charge >= 0.3 is 5.97 Å². The van der Waals surface area contributed by atoms with Crippen LogP contribution >= 0.6 is 0 Å². The van der Waals surface area contributed by atoms with Gasteiger partial charge in [0.1, 0.15) is 47.5 Å². The summed E-state index contributed by atoms with van der Waals surface area (Å²) in [6.07, 6.45) is 5.18. The van der Waals surface area contributed by atoms with Crippen molar-refractivity contribution in [2.75, 3.05) is 43.4 Å². The smallest absolute Gasteiger partial charge is 0.326 e. The molecule has 0 unspecified atom stereocenters. The normalized spacial score (nSPS) is 13.4. The summed E-state index contributed by atoms with van der Waals surface area (Å²) in [6.45, 7) is 4.82. The minimum absolute atomic E-state index is 0.301. The van der Waals surface area contributed by atoms with Crippen LogP contribution in [0.5, 0.6) is 5.75 Å². The van der Waals surface area contributed by atoms with Crippen molar-refractivity contribution in [1.29, 1.82) is 0 Å². The fourth-order valence-electron chi connectivity index (χ4n) is 5.37. The van der Waals surface area contributed by atoms with E-state index in [2.05, 4.69) is 37.6 Å². The highest BCUT2D eigenvalue weighted by Gasteiger charge is 2.21. The molecule has 0 bridgehead atoms. The van der Waals surface area contributed by atoms with Crippen LogP contribution < -0.4 is 15.4 Å². The lowest BCUT2D eigenvalue weighted by molar-refractivity contribution is -0.138. The minimum Gasteiger partial charge on any atom is -0.492 e. The number of hydrogen-bond donors (Lipinski definition) is 3. The second-order valence-electron chi connectivity index (χ2n) is 11.0. The molecule has 3 heterocycles. The van der Waals surface area contributed by atoms with Crippen molar-refractivity contribution >= 4 is 28.5 Å². The average molecular weight is 605 g/mol. The number of ether oxygens (including phenoxy) is 1. The molecule has 0 spiro atoms.